The Labute approximate surface area is 204 Å². The number of carbonyl (C=O) groups excluding carboxylic acids is 1. The van der Waals surface area contributed by atoms with Crippen molar-refractivity contribution in [3.63, 3.8) is 0 Å². The lowest BCUT2D eigenvalue weighted by atomic mass is 10.0. The molecule has 6 rings (SSSR count). The number of carbonyl (C=O) groups is 1. The Morgan fingerprint density at radius 2 is 2.03 bits per heavy atom. The summed E-state index contributed by atoms with van der Waals surface area (Å²) in [6, 6.07) is 17.2. The van der Waals surface area contributed by atoms with Crippen LogP contribution in [0, 0.1) is 11.3 Å². The van der Waals surface area contributed by atoms with Gasteiger partial charge in [-0.25, -0.2) is 9.97 Å². The number of anilines is 4. The van der Waals surface area contributed by atoms with E-state index in [1.807, 2.05) is 36.4 Å². The fourth-order valence-corrected chi connectivity index (χ4v) is 5.56. The number of nitrogens with one attached hydrogen (secondary N) is 2. The molecule has 1 amide bonds. The molecule has 8 nitrogen and oxygen atoms in total. The normalized spacial score (nSPS) is 21.3. The van der Waals surface area contributed by atoms with Gasteiger partial charge in [-0.05, 0) is 68.3 Å². The zero-order valence-electron chi connectivity index (χ0n) is 19.7. The first kappa shape index (κ1) is 21.6. The second-order valence-electron chi connectivity index (χ2n) is 9.64. The van der Waals surface area contributed by atoms with E-state index in [1.165, 1.54) is 0 Å². The lowest BCUT2D eigenvalue weighted by molar-refractivity contribution is -0.116. The van der Waals surface area contributed by atoms with Crippen LogP contribution in [-0.2, 0) is 11.2 Å². The van der Waals surface area contributed by atoms with E-state index in [9.17, 15) is 10.1 Å². The lowest BCUT2D eigenvalue weighted by Crippen LogP contribution is -2.44. The van der Waals surface area contributed by atoms with Crippen molar-refractivity contribution in [3.8, 4) is 17.3 Å². The van der Waals surface area contributed by atoms with E-state index in [4.69, 9.17) is 4.98 Å². The topological polar surface area (TPSA) is 97.2 Å². The maximum Gasteiger partial charge on any atom is 0.227 e. The van der Waals surface area contributed by atoms with Crippen LogP contribution in [0.2, 0.25) is 0 Å². The largest absolute Gasteiger partial charge is 0.365 e. The number of rotatable bonds is 4. The Hall–Kier alpha value is -3.96. The number of nitrogens with zero attached hydrogens (tertiary/aromatic N) is 5. The van der Waals surface area contributed by atoms with Crippen molar-refractivity contribution in [2.75, 3.05) is 35.7 Å². The molecule has 2 fully saturated rings. The van der Waals surface area contributed by atoms with Crippen molar-refractivity contribution in [2.45, 2.75) is 37.8 Å². The van der Waals surface area contributed by atoms with Crippen LogP contribution < -0.4 is 15.5 Å². The molecule has 176 valence electrons. The minimum Gasteiger partial charge on any atom is -0.365 e. The molecule has 1 aromatic heterocycles. The Balaban J connectivity index is 1.23. The zero-order chi connectivity index (χ0) is 23.9. The van der Waals surface area contributed by atoms with E-state index in [2.05, 4.69) is 44.6 Å². The average molecular weight is 466 g/mol. The molecular formula is C27H27N7O. The summed E-state index contributed by atoms with van der Waals surface area (Å²) in [6.07, 6.45) is 5.14. The lowest BCUT2D eigenvalue weighted by Gasteiger charge is -2.34. The van der Waals surface area contributed by atoms with Gasteiger partial charge in [-0.2, -0.15) is 5.26 Å². The third-order valence-corrected chi connectivity index (χ3v) is 7.38. The van der Waals surface area contributed by atoms with Crippen molar-refractivity contribution in [2.24, 2.45) is 0 Å². The molecule has 2 bridgehead atoms. The number of benzene rings is 2. The second kappa shape index (κ2) is 8.67. The number of likely N-dealkylation sites (N-methyl/N-ethyl adjacent to an activating group) is 1. The summed E-state index contributed by atoms with van der Waals surface area (Å²) in [7, 11) is 2.18. The highest BCUT2D eigenvalue weighted by atomic mass is 16.1. The molecule has 2 saturated heterocycles. The molecule has 2 atom stereocenters. The van der Waals surface area contributed by atoms with Crippen LogP contribution in [0.15, 0.2) is 48.7 Å². The van der Waals surface area contributed by atoms with Crippen LogP contribution in [0.4, 0.5) is 23.0 Å². The first-order valence-corrected chi connectivity index (χ1v) is 12.1. The molecule has 3 aromatic rings. The molecule has 35 heavy (non-hydrogen) atoms. The Morgan fingerprint density at radius 3 is 2.83 bits per heavy atom. The Kier molecular flexibility index (Phi) is 5.34. The Bertz CT molecular complexity index is 1350. The highest BCUT2D eigenvalue weighted by molar-refractivity contribution is 5.92. The molecule has 3 aliphatic heterocycles. The van der Waals surface area contributed by atoms with E-state index >= 15 is 0 Å². The number of hydrogen-bond acceptors (Lipinski definition) is 7. The van der Waals surface area contributed by atoms with Crippen LogP contribution in [0.25, 0.3) is 11.3 Å². The predicted molar refractivity (Wildman–Crippen MR) is 136 cm³/mol. The van der Waals surface area contributed by atoms with Crippen molar-refractivity contribution in [1.29, 1.82) is 5.26 Å². The maximum atomic E-state index is 11.8. The molecule has 2 N–H and O–H groups in total. The van der Waals surface area contributed by atoms with Crippen molar-refractivity contribution >= 4 is 28.9 Å². The van der Waals surface area contributed by atoms with Gasteiger partial charge in [0.15, 0.2) is 0 Å². The fourth-order valence-electron chi connectivity index (χ4n) is 5.56. The molecule has 0 spiro atoms. The molecule has 8 heteroatoms. The van der Waals surface area contributed by atoms with Crippen LogP contribution in [0.1, 0.15) is 30.4 Å². The van der Waals surface area contributed by atoms with Gasteiger partial charge >= 0.3 is 0 Å². The summed E-state index contributed by atoms with van der Waals surface area (Å²) < 4.78 is 0. The third-order valence-electron chi connectivity index (χ3n) is 7.38. The summed E-state index contributed by atoms with van der Waals surface area (Å²) in [5.41, 5.74) is 6.24. The molecule has 0 radical (unpaired) electrons. The molecule has 0 aliphatic carbocycles. The van der Waals surface area contributed by atoms with Crippen LogP contribution in [-0.4, -0.2) is 53.0 Å². The number of piperazine rings is 1. The summed E-state index contributed by atoms with van der Waals surface area (Å²) in [5, 5.41) is 16.1. The average Bonchev–Trinajstić information content (AvgIpc) is 3.38. The van der Waals surface area contributed by atoms with E-state index in [0.717, 1.165) is 66.2 Å². The minimum absolute atomic E-state index is 0.0670. The quantitative estimate of drug-likeness (QED) is 0.603. The number of aryl methyl sites for hydroxylation is 1. The molecule has 4 heterocycles. The molecule has 0 saturated carbocycles. The molecule has 2 aromatic carbocycles. The van der Waals surface area contributed by atoms with Crippen LogP contribution in [0.3, 0.4) is 0 Å². The first-order chi connectivity index (χ1) is 17.1. The number of amides is 1. The second-order valence-corrected chi connectivity index (χ2v) is 9.64. The zero-order valence-corrected chi connectivity index (χ0v) is 19.7. The summed E-state index contributed by atoms with van der Waals surface area (Å²) >= 11 is 0. The van der Waals surface area contributed by atoms with Gasteiger partial charge < -0.3 is 15.5 Å². The molecule has 3 aliphatic rings. The van der Waals surface area contributed by atoms with E-state index in [1.54, 1.807) is 6.20 Å². The van der Waals surface area contributed by atoms with Crippen LogP contribution >= 0.6 is 0 Å². The highest BCUT2D eigenvalue weighted by Crippen LogP contribution is 2.36. The van der Waals surface area contributed by atoms with Crippen molar-refractivity contribution < 1.29 is 4.79 Å². The van der Waals surface area contributed by atoms with Gasteiger partial charge in [-0.15, -0.1) is 0 Å². The smallest absolute Gasteiger partial charge is 0.227 e. The highest BCUT2D eigenvalue weighted by Gasteiger charge is 2.42. The monoisotopic (exact) mass is 465 g/mol. The van der Waals surface area contributed by atoms with E-state index < -0.39 is 0 Å². The number of likely N-dealkylation sites (tertiary alicyclic amines) is 1. The fraction of sp³-hybridized carbons (Fsp3) is 0.333. The van der Waals surface area contributed by atoms with E-state index in [0.29, 0.717) is 30.0 Å². The SMILES string of the molecule is CN1C[C@@H]2C[C@H]1CN2c1ccc(Nc2nccc(-c3ccc4c(c3)CCCC(=O)N4)n2)cc1C#N. The Morgan fingerprint density at radius 1 is 1.11 bits per heavy atom. The van der Waals surface area contributed by atoms with E-state index in [-0.39, 0.29) is 5.91 Å². The number of aromatic nitrogens is 2. The predicted octanol–water partition coefficient (Wildman–Crippen LogP) is 3.93. The third kappa shape index (κ3) is 4.08. The van der Waals surface area contributed by atoms with Gasteiger partial charge in [0.05, 0.1) is 16.9 Å². The summed E-state index contributed by atoms with van der Waals surface area (Å²) in [5.74, 6) is 0.543. The van der Waals surface area contributed by atoms with Gasteiger partial charge in [0.1, 0.15) is 6.07 Å². The van der Waals surface area contributed by atoms with Crippen molar-refractivity contribution in [3.05, 3.63) is 59.8 Å². The maximum absolute atomic E-state index is 11.8. The summed E-state index contributed by atoms with van der Waals surface area (Å²) in [6.45, 7) is 2.02. The number of nitriles is 1. The molecule has 0 unspecified atom stereocenters. The number of hydrogen-bond donors (Lipinski definition) is 2. The van der Waals surface area contributed by atoms with Crippen LogP contribution in [0.5, 0.6) is 0 Å². The van der Waals surface area contributed by atoms with Gasteiger partial charge in [-0.3, -0.25) is 9.69 Å². The standard InChI is InChI=1S/C27H27N7O/c1-33-15-22-13-21(33)16-34(22)25-8-6-20(12-19(25)14-28)30-27-29-10-9-24(32-27)18-5-7-23-17(11-18)3-2-4-26(35)31-23/h5-12,21-22H,2-4,13,15-16H2,1H3,(H,31,35)(H,29,30,32)/t21-,22-/m0/s1. The molecular weight excluding hydrogens is 438 g/mol. The minimum atomic E-state index is 0.0670. The van der Waals surface area contributed by atoms with Crippen molar-refractivity contribution in [1.82, 2.24) is 14.9 Å². The van der Waals surface area contributed by atoms with Gasteiger partial charge in [0.25, 0.3) is 0 Å². The first-order valence-electron chi connectivity index (χ1n) is 12.1. The van der Waals surface area contributed by atoms with Gasteiger partial charge in [-0.1, -0.05) is 6.07 Å². The van der Waals surface area contributed by atoms with Gasteiger partial charge in [0.2, 0.25) is 11.9 Å². The van der Waals surface area contributed by atoms with Gasteiger partial charge in [0, 0.05) is 54.7 Å². The number of fused-ring (bicyclic) bond motifs is 3. The summed E-state index contributed by atoms with van der Waals surface area (Å²) in [4.78, 5) is 25.7.